The molecule has 0 spiro atoms. The van der Waals surface area contributed by atoms with Crippen molar-refractivity contribution < 1.29 is 5.11 Å². The maximum atomic E-state index is 9.31. The first-order chi connectivity index (χ1) is 8.63. The molecule has 1 aromatic rings. The van der Waals surface area contributed by atoms with E-state index in [-0.39, 0.29) is 12.6 Å². The van der Waals surface area contributed by atoms with Crippen LogP contribution in [-0.4, -0.2) is 34.1 Å². The zero-order valence-corrected chi connectivity index (χ0v) is 12.2. The van der Waals surface area contributed by atoms with Gasteiger partial charge in [-0.3, -0.25) is 4.68 Å². The van der Waals surface area contributed by atoms with Gasteiger partial charge < -0.3 is 10.4 Å². The second-order valence-electron chi connectivity index (χ2n) is 4.85. The van der Waals surface area contributed by atoms with Crippen LogP contribution in [0.25, 0.3) is 0 Å². The van der Waals surface area contributed by atoms with Gasteiger partial charge in [0.15, 0.2) is 0 Å². The molecule has 1 unspecified atom stereocenters. The van der Waals surface area contributed by atoms with Crippen LogP contribution in [0.3, 0.4) is 0 Å². The molecule has 0 aromatic carbocycles. The Morgan fingerprint density at radius 3 is 2.56 bits per heavy atom. The molecule has 4 nitrogen and oxygen atoms in total. The molecule has 1 atom stereocenters. The van der Waals surface area contributed by atoms with E-state index in [9.17, 15) is 5.11 Å². The fourth-order valence-corrected chi connectivity index (χ4v) is 2.35. The summed E-state index contributed by atoms with van der Waals surface area (Å²) in [6.45, 7) is 10.5. The fourth-order valence-electron chi connectivity index (χ4n) is 2.35. The summed E-state index contributed by atoms with van der Waals surface area (Å²) in [5, 5.41) is 17.2. The third-order valence-electron chi connectivity index (χ3n) is 3.48. The highest BCUT2D eigenvalue weighted by molar-refractivity contribution is 5.24. The van der Waals surface area contributed by atoms with Crippen LogP contribution >= 0.6 is 0 Å². The van der Waals surface area contributed by atoms with E-state index in [4.69, 9.17) is 0 Å². The minimum Gasteiger partial charge on any atom is -0.395 e. The fraction of sp³-hybridized carbons (Fsp3) is 0.786. The summed E-state index contributed by atoms with van der Waals surface area (Å²) < 4.78 is 2.07. The number of aryl methyl sites for hydroxylation is 2. The zero-order chi connectivity index (χ0) is 13.5. The van der Waals surface area contributed by atoms with Gasteiger partial charge in [-0.05, 0) is 45.2 Å². The smallest absolute Gasteiger partial charge is 0.0628 e. The number of rotatable bonds is 8. The maximum absolute atomic E-state index is 9.31. The normalized spacial score (nSPS) is 12.9. The first-order valence-corrected chi connectivity index (χ1v) is 7.01. The van der Waals surface area contributed by atoms with Gasteiger partial charge in [0, 0.05) is 18.3 Å². The van der Waals surface area contributed by atoms with Gasteiger partial charge >= 0.3 is 0 Å². The van der Waals surface area contributed by atoms with Crippen LogP contribution in [0.5, 0.6) is 0 Å². The predicted molar refractivity (Wildman–Crippen MR) is 74.9 cm³/mol. The molecule has 0 bridgehead atoms. The molecule has 104 valence electrons. The summed E-state index contributed by atoms with van der Waals surface area (Å²) in [6, 6.07) is 0.180. The van der Waals surface area contributed by atoms with E-state index in [2.05, 4.69) is 42.8 Å². The number of nitrogens with zero attached hydrogens (tertiary/aromatic N) is 2. The van der Waals surface area contributed by atoms with E-state index >= 15 is 0 Å². The van der Waals surface area contributed by atoms with Gasteiger partial charge in [-0.25, -0.2) is 0 Å². The minimum atomic E-state index is 0.180. The molecule has 0 fully saturated rings. The lowest BCUT2D eigenvalue weighted by Crippen LogP contribution is -2.34. The van der Waals surface area contributed by atoms with Crippen LogP contribution in [0.2, 0.25) is 0 Å². The van der Waals surface area contributed by atoms with Crippen molar-refractivity contribution in [2.75, 3.05) is 13.2 Å². The number of nitrogens with one attached hydrogen (secondary N) is 1. The van der Waals surface area contributed by atoms with Crippen molar-refractivity contribution in [1.29, 1.82) is 0 Å². The van der Waals surface area contributed by atoms with Crippen LogP contribution in [0, 0.1) is 13.8 Å². The van der Waals surface area contributed by atoms with Crippen LogP contribution in [0.4, 0.5) is 0 Å². The van der Waals surface area contributed by atoms with E-state index in [0.29, 0.717) is 0 Å². The Morgan fingerprint density at radius 1 is 1.33 bits per heavy atom. The summed E-state index contributed by atoms with van der Waals surface area (Å²) >= 11 is 0. The Morgan fingerprint density at radius 2 is 2.06 bits per heavy atom. The van der Waals surface area contributed by atoms with Crippen LogP contribution < -0.4 is 5.32 Å². The maximum Gasteiger partial charge on any atom is 0.0628 e. The van der Waals surface area contributed by atoms with Gasteiger partial charge in [0.25, 0.3) is 0 Å². The monoisotopic (exact) mass is 253 g/mol. The molecule has 1 heterocycles. The molecule has 0 aliphatic rings. The van der Waals surface area contributed by atoms with E-state index in [1.807, 2.05) is 0 Å². The Kier molecular flexibility index (Phi) is 6.36. The highest BCUT2D eigenvalue weighted by atomic mass is 16.3. The van der Waals surface area contributed by atoms with E-state index < -0.39 is 0 Å². The van der Waals surface area contributed by atoms with E-state index in [0.717, 1.165) is 38.0 Å². The van der Waals surface area contributed by atoms with Gasteiger partial charge in [0.1, 0.15) is 0 Å². The van der Waals surface area contributed by atoms with E-state index in [1.54, 1.807) is 0 Å². The Balaban J connectivity index is 2.56. The number of aliphatic hydroxyl groups is 1. The molecule has 2 N–H and O–H groups in total. The summed E-state index contributed by atoms with van der Waals surface area (Å²) in [5.41, 5.74) is 3.76. The summed E-state index contributed by atoms with van der Waals surface area (Å²) in [6.07, 6.45) is 3.05. The van der Waals surface area contributed by atoms with Crippen LogP contribution in [0.15, 0.2) is 0 Å². The Bertz CT molecular complexity index is 360. The number of aliphatic hydroxyl groups excluding tert-OH is 1. The molecule has 1 aromatic heterocycles. The Hall–Kier alpha value is -0.870. The molecule has 4 heteroatoms. The molecule has 18 heavy (non-hydrogen) atoms. The first kappa shape index (κ1) is 15.2. The van der Waals surface area contributed by atoms with Crippen molar-refractivity contribution in [2.24, 2.45) is 0 Å². The molecule has 1 rings (SSSR count). The van der Waals surface area contributed by atoms with Gasteiger partial charge in [-0.2, -0.15) is 5.10 Å². The van der Waals surface area contributed by atoms with Crippen molar-refractivity contribution in [3.8, 4) is 0 Å². The third kappa shape index (κ3) is 3.82. The molecule has 0 radical (unpaired) electrons. The van der Waals surface area contributed by atoms with Crippen molar-refractivity contribution in [3.05, 3.63) is 17.0 Å². The summed E-state index contributed by atoms with van der Waals surface area (Å²) in [5.74, 6) is 0. The van der Waals surface area contributed by atoms with Crippen molar-refractivity contribution in [2.45, 2.75) is 59.5 Å². The van der Waals surface area contributed by atoms with Crippen LogP contribution in [-0.2, 0) is 13.0 Å². The van der Waals surface area contributed by atoms with Crippen molar-refractivity contribution in [3.63, 3.8) is 0 Å². The van der Waals surface area contributed by atoms with Crippen LogP contribution in [0.1, 0.15) is 43.6 Å². The molecular weight excluding hydrogens is 226 g/mol. The molecule has 0 saturated carbocycles. The average molecular weight is 253 g/mol. The molecule has 0 aliphatic heterocycles. The van der Waals surface area contributed by atoms with Gasteiger partial charge in [-0.15, -0.1) is 0 Å². The van der Waals surface area contributed by atoms with Gasteiger partial charge in [0.05, 0.1) is 12.3 Å². The predicted octanol–water partition coefficient (Wildman–Crippen LogP) is 1.81. The molecular formula is C14H27N3O. The average Bonchev–Trinajstić information content (AvgIpc) is 2.64. The lowest BCUT2D eigenvalue weighted by atomic mass is 10.1. The number of aromatic nitrogens is 2. The SMILES string of the molecule is CCCNC(CO)CCn1nc(C)c(CC)c1C. The van der Waals surface area contributed by atoms with Crippen molar-refractivity contribution in [1.82, 2.24) is 15.1 Å². The number of hydrogen-bond acceptors (Lipinski definition) is 3. The quantitative estimate of drug-likeness (QED) is 0.743. The lowest BCUT2D eigenvalue weighted by molar-refractivity contribution is 0.230. The van der Waals surface area contributed by atoms with E-state index in [1.165, 1.54) is 11.3 Å². The standard InChI is InChI=1S/C14H27N3O/c1-5-8-15-13(10-18)7-9-17-12(4)14(6-2)11(3)16-17/h13,15,18H,5-10H2,1-4H3. The first-order valence-electron chi connectivity index (χ1n) is 7.01. The van der Waals surface area contributed by atoms with Crippen molar-refractivity contribution >= 4 is 0 Å². The minimum absolute atomic E-state index is 0.180. The summed E-state index contributed by atoms with van der Waals surface area (Å²) in [4.78, 5) is 0. The molecule has 0 aliphatic carbocycles. The highest BCUT2D eigenvalue weighted by Crippen LogP contribution is 2.14. The lowest BCUT2D eigenvalue weighted by Gasteiger charge is -2.16. The highest BCUT2D eigenvalue weighted by Gasteiger charge is 2.11. The molecule has 0 amide bonds. The second kappa shape index (κ2) is 7.54. The number of hydrogen-bond donors (Lipinski definition) is 2. The topological polar surface area (TPSA) is 50.1 Å². The Labute approximate surface area is 110 Å². The van der Waals surface area contributed by atoms with Gasteiger partial charge in [-0.1, -0.05) is 13.8 Å². The molecule has 0 saturated heterocycles. The summed E-state index contributed by atoms with van der Waals surface area (Å²) in [7, 11) is 0. The van der Waals surface area contributed by atoms with Gasteiger partial charge in [0.2, 0.25) is 0 Å². The largest absolute Gasteiger partial charge is 0.395 e. The third-order valence-corrected chi connectivity index (χ3v) is 3.48. The zero-order valence-electron chi connectivity index (χ0n) is 12.2. The second-order valence-corrected chi connectivity index (χ2v) is 4.85.